The molecule has 0 bridgehead atoms. The molecule has 0 fully saturated rings. The Labute approximate surface area is 176 Å². The predicted octanol–water partition coefficient (Wildman–Crippen LogP) is 4.40. The van der Waals surface area contributed by atoms with Crippen molar-refractivity contribution in [2.45, 2.75) is 19.8 Å². The van der Waals surface area contributed by atoms with Gasteiger partial charge in [-0.15, -0.1) is 0 Å². The second-order valence-corrected chi connectivity index (χ2v) is 7.29. The van der Waals surface area contributed by atoms with E-state index in [9.17, 15) is 0 Å². The van der Waals surface area contributed by atoms with Crippen molar-refractivity contribution in [1.82, 2.24) is 19.1 Å². The monoisotopic (exact) mass is 405 g/mol. The number of ether oxygens (including phenoxy) is 2. The normalized spacial score (nSPS) is 11.2. The van der Waals surface area contributed by atoms with E-state index in [1.54, 1.807) is 20.5 Å². The number of imidazole rings is 2. The summed E-state index contributed by atoms with van der Waals surface area (Å²) in [5.74, 6) is 1.82. The Balaban J connectivity index is 1.64. The lowest BCUT2D eigenvalue weighted by Gasteiger charge is -2.13. The summed E-state index contributed by atoms with van der Waals surface area (Å²) in [5, 5.41) is 3.51. The second-order valence-electron chi connectivity index (χ2n) is 7.29. The molecule has 2 aromatic carbocycles. The second kappa shape index (κ2) is 8.59. The molecule has 2 aromatic heterocycles. The van der Waals surface area contributed by atoms with Crippen LogP contribution in [-0.4, -0.2) is 39.9 Å². The molecule has 0 radical (unpaired) electrons. The summed E-state index contributed by atoms with van der Waals surface area (Å²) in [7, 11) is 5.47. The van der Waals surface area contributed by atoms with E-state index in [4.69, 9.17) is 14.5 Å². The molecule has 0 saturated carbocycles. The third-order valence-electron chi connectivity index (χ3n) is 5.20. The minimum absolute atomic E-state index is 0.733. The van der Waals surface area contributed by atoms with Gasteiger partial charge in [-0.05, 0) is 37.6 Å². The number of hydrogen-bond donors (Lipinski definition) is 1. The molecule has 2 heterocycles. The summed E-state index contributed by atoms with van der Waals surface area (Å²) in [6, 6.07) is 12.2. The number of benzene rings is 2. The molecule has 0 atom stereocenters. The van der Waals surface area contributed by atoms with Crippen molar-refractivity contribution >= 4 is 22.4 Å². The summed E-state index contributed by atoms with van der Waals surface area (Å²) in [5.41, 5.74) is 5.87. The van der Waals surface area contributed by atoms with Crippen molar-refractivity contribution in [3.63, 3.8) is 0 Å². The fourth-order valence-corrected chi connectivity index (χ4v) is 3.64. The maximum Gasteiger partial charge on any atom is 0.144 e. The number of rotatable bonds is 8. The first-order valence-corrected chi connectivity index (χ1v) is 10.00. The van der Waals surface area contributed by atoms with Gasteiger partial charge in [-0.3, -0.25) is 0 Å². The number of fused-ring (bicyclic) bond motifs is 1. The van der Waals surface area contributed by atoms with Crippen LogP contribution in [0.1, 0.15) is 17.9 Å². The fraction of sp³-hybridized carbons (Fsp3) is 0.304. The van der Waals surface area contributed by atoms with Gasteiger partial charge < -0.3 is 23.9 Å². The number of nitrogens with one attached hydrogen (secondary N) is 1. The third-order valence-corrected chi connectivity index (χ3v) is 5.20. The molecule has 1 N–H and O–H groups in total. The van der Waals surface area contributed by atoms with Crippen LogP contribution in [0.2, 0.25) is 0 Å². The predicted molar refractivity (Wildman–Crippen MR) is 119 cm³/mol. The van der Waals surface area contributed by atoms with E-state index in [2.05, 4.69) is 28.0 Å². The van der Waals surface area contributed by atoms with Crippen molar-refractivity contribution in [2.24, 2.45) is 7.05 Å². The summed E-state index contributed by atoms with van der Waals surface area (Å²) in [4.78, 5) is 9.20. The summed E-state index contributed by atoms with van der Waals surface area (Å²) < 4.78 is 14.9. The molecule has 4 aromatic rings. The van der Waals surface area contributed by atoms with E-state index >= 15 is 0 Å². The molecule has 0 unspecified atom stereocenters. The SMILES string of the molecule is COCCCc1nc2c(Nc3ccc(-n4cnc(C)c4)c(OC)c3)cccc2n1C. The van der Waals surface area contributed by atoms with Crippen LogP contribution in [0.15, 0.2) is 48.9 Å². The Morgan fingerprint density at radius 3 is 2.73 bits per heavy atom. The lowest BCUT2D eigenvalue weighted by molar-refractivity contribution is 0.194. The summed E-state index contributed by atoms with van der Waals surface area (Å²) >= 11 is 0. The molecular formula is C23H27N5O2. The Kier molecular flexibility index (Phi) is 5.72. The van der Waals surface area contributed by atoms with E-state index in [1.807, 2.05) is 48.0 Å². The smallest absolute Gasteiger partial charge is 0.144 e. The highest BCUT2D eigenvalue weighted by molar-refractivity contribution is 5.91. The van der Waals surface area contributed by atoms with Gasteiger partial charge >= 0.3 is 0 Å². The molecule has 0 amide bonds. The average molecular weight is 406 g/mol. The molecule has 0 aliphatic carbocycles. The van der Waals surface area contributed by atoms with Crippen LogP contribution in [0, 0.1) is 6.92 Å². The highest BCUT2D eigenvalue weighted by Crippen LogP contribution is 2.31. The number of anilines is 2. The van der Waals surface area contributed by atoms with Gasteiger partial charge in [0.25, 0.3) is 0 Å². The van der Waals surface area contributed by atoms with Crippen LogP contribution in [0.5, 0.6) is 5.75 Å². The van der Waals surface area contributed by atoms with Crippen molar-refractivity contribution in [3.05, 3.63) is 60.4 Å². The fourth-order valence-electron chi connectivity index (χ4n) is 3.64. The molecule has 0 spiro atoms. The van der Waals surface area contributed by atoms with Crippen molar-refractivity contribution < 1.29 is 9.47 Å². The molecule has 0 saturated heterocycles. The van der Waals surface area contributed by atoms with Gasteiger partial charge in [0.15, 0.2) is 0 Å². The highest BCUT2D eigenvalue weighted by Gasteiger charge is 2.13. The number of para-hydroxylation sites is 1. The van der Waals surface area contributed by atoms with Crippen molar-refractivity contribution in [1.29, 1.82) is 0 Å². The molecule has 7 heteroatoms. The molecule has 156 valence electrons. The zero-order valence-electron chi connectivity index (χ0n) is 17.8. The molecule has 7 nitrogen and oxygen atoms in total. The first-order valence-electron chi connectivity index (χ1n) is 10.00. The van der Waals surface area contributed by atoms with Crippen molar-refractivity contribution in [2.75, 3.05) is 26.1 Å². The molecule has 0 aliphatic rings. The largest absolute Gasteiger partial charge is 0.494 e. The Morgan fingerprint density at radius 2 is 2.00 bits per heavy atom. The standard InChI is InChI=1S/C23H27N5O2/c1-16-14-28(15-24-16)19-11-10-17(13-21(19)30-4)25-18-7-5-8-20-23(18)26-22(27(20)2)9-6-12-29-3/h5,7-8,10-11,13-15,25H,6,9,12H2,1-4H3. The average Bonchev–Trinajstić information content (AvgIpc) is 3.32. The first-order chi connectivity index (χ1) is 14.6. The zero-order valence-corrected chi connectivity index (χ0v) is 17.8. The van der Waals surface area contributed by atoms with Gasteiger partial charge in [0.2, 0.25) is 0 Å². The lowest BCUT2D eigenvalue weighted by atomic mass is 10.2. The van der Waals surface area contributed by atoms with Gasteiger partial charge in [0, 0.05) is 45.1 Å². The van der Waals surface area contributed by atoms with Gasteiger partial charge in [-0.1, -0.05) is 6.07 Å². The molecule has 4 rings (SSSR count). The van der Waals surface area contributed by atoms with Crippen LogP contribution >= 0.6 is 0 Å². The van der Waals surface area contributed by atoms with Crippen LogP contribution in [0.25, 0.3) is 16.7 Å². The van der Waals surface area contributed by atoms with Crippen LogP contribution < -0.4 is 10.1 Å². The minimum Gasteiger partial charge on any atom is -0.494 e. The number of nitrogens with zero attached hydrogens (tertiary/aromatic N) is 4. The molecule has 0 aliphatic heterocycles. The van der Waals surface area contributed by atoms with Gasteiger partial charge in [-0.2, -0.15) is 0 Å². The number of methoxy groups -OCH3 is 2. The minimum atomic E-state index is 0.733. The number of hydrogen-bond acceptors (Lipinski definition) is 5. The maximum absolute atomic E-state index is 5.63. The number of aryl methyl sites for hydroxylation is 3. The Bertz CT molecular complexity index is 1160. The topological polar surface area (TPSA) is 66.1 Å². The van der Waals surface area contributed by atoms with Gasteiger partial charge in [0.1, 0.15) is 17.1 Å². The van der Waals surface area contributed by atoms with Crippen LogP contribution in [0.4, 0.5) is 11.4 Å². The first kappa shape index (κ1) is 20.0. The summed E-state index contributed by atoms with van der Waals surface area (Å²) in [6.07, 6.45) is 5.60. The third kappa shape index (κ3) is 3.89. The Hall–Kier alpha value is -3.32. The number of aromatic nitrogens is 4. The van der Waals surface area contributed by atoms with E-state index in [0.717, 1.165) is 64.8 Å². The highest BCUT2D eigenvalue weighted by atomic mass is 16.5. The molecular weight excluding hydrogens is 378 g/mol. The van der Waals surface area contributed by atoms with Gasteiger partial charge in [0.05, 0.1) is 36.0 Å². The van der Waals surface area contributed by atoms with Crippen molar-refractivity contribution in [3.8, 4) is 11.4 Å². The van der Waals surface area contributed by atoms with Crippen LogP contribution in [0.3, 0.4) is 0 Å². The van der Waals surface area contributed by atoms with E-state index in [0.29, 0.717) is 0 Å². The van der Waals surface area contributed by atoms with E-state index < -0.39 is 0 Å². The summed E-state index contributed by atoms with van der Waals surface area (Å²) in [6.45, 7) is 2.70. The molecule has 30 heavy (non-hydrogen) atoms. The van der Waals surface area contributed by atoms with Crippen LogP contribution in [-0.2, 0) is 18.2 Å². The van der Waals surface area contributed by atoms with E-state index in [-0.39, 0.29) is 0 Å². The van der Waals surface area contributed by atoms with E-state index in [1.165, 1.54) is 0 Å². The quantitative estimate of drug-likeness (QED) is 0.440. The Morgan fingerprint density at radius 1 is 1.13 bits per heavy atom. The zero-order chi connectivity index (χ0) is 21.1. The maximum atomic E-state index is 5.63. The van der Waals surface area contributed by atoms with Gasteiger partial charge in [-0.25, -0.2) is 9.97 Å². The lowest BCUT2D eigenvalue weighted by Crippen LogP contribution is -2.00.